The summed E-state index contributed by atoms with van der Waals surface area (Å²) in [5.41, 5.74) is 2.56. The van der Waals surface area contributed by atoms with Gasteiger partial charge in [-0.1, -0.05) is 24.3 Å². The molecule has 1 heterocycles. The van der Waals surface area contributed by atoms with Crippen LogP contribution in [0.3, 0.4) is 0 Å². The standard InChI is InChI=1S/C15H18N4O2/c1-16-15(20)13-7-8-14(19-18-13)17-9-11-5-3-4-6-12(11)10-21-2/h3-8H,9-10H2,1-2H3,(H,16,20)(H,17,19). The topological polar surface area (TPSA) is 76.1 Å². The molecule has 0 unspecified atom stereocenters. The molecule has 0 radical (unpaired) electrons. The Labute approximate surface area is 123 Å². The van der Waals surface area contributed by atoms with Crippen LogP contribution in [0.4, 0.5) is 5.82 Å². The van der Waals surface area contributed by atoms with Crippen LogP contribution in [0.5, 0.6) is 0 Å². The van der Waals surface area contributed by atoms with Gasteiger partial charge in [-0.2, -0.15) is 0 Å². The Morgan fingerprint density at radius 2 is 1.90 bits per heavy atom. The number of nitrogens with zero attached hydrogens (tertiary/aromatic N) is 2. The smallest absolute Gasteiger partial charge is 0.271 e. The molecule has 1 aromatic heterocycles. The molecule has 0 saturated carbocycles. The van der Waals surface area contributed by atoms with Crippen LogP contribution in [0.15, 0.2) is 36.4 Å². The Morgan fingerprint density at radius 3 is 2.52 bits per heavy atom. The molecule has 0 fully saturated rings. The highest BCUT2D eigenvalue weighted by atomic mass is 16.5. The Morgan fingerprint density at radius 1 is 1.14 bits per heavy atom. The molecule has 0 aliphatic carbocycles. The van der Waals surface area contributed by atoms with Crippen LogP contribution in [0.2, 0.25) is 0 Å². The van der Waals surface area contributed by atoms with Gasteiger partial charge in [-0.15, -0.1) is 10.2 Å². The quantitative estimate of drug-likeness (QED) is 0.843. The fourth-order valence-corrected chi connectivity index (χ4v) is 1.89. The van der Waals surface area contributed by atoms with Gasteiger partial charge in [0.1, 0.15) is 5.82 Å². The number of benzene rings is 1. The zero-order valence-electron chi connectivity index (χ0n) is 12.1. The van der Waals surface area contributed by atoms with Gasteiger partial charge in [0.05, 0.1) is 6.61 Å². The third-order valence-corrected chi connectivity index (χ3v) is 3.00. The summed E-state index contributed by atoms with van der Waals surface area (Å²) in [6, 6.07) is 11.4. The number of ether oxygens (including phenoxy) is 1. The van der Waals surface area contributed by atoms with Crippen LogP contribution in [0.1, 0.15) is 21.6 Å². The van der Waals surface area contributed by atoms with Crippen LogP contribution in [0, 0.1) is 0 Å². The summed E-state index contributed by atoms with van der Waals surface area (Å²) in [4.78, 5) is 11.4. The second kappa shape index (κ2) is 7.35. The number of hydrogen-bond donors (Lipinski definition) is 2. The van der Waals surface area contributed by atoms with Gasteiger partial charge in [-0.05, 0) is 23.3 Å². The molecule has 110 valence electrons. The number of nitrogens with one attached hydrogen (secondary N) is 2. The SMILES string of the molecule is CNC(=O)c1ccc(NCc2ccccc2COC)nn1. The molecule has 1 amide bonds. The largest absolute Gasteiger partial charge is 0.380 e. The third-order valence-electron chi connectivity index (χ3n) is 3.00. The molecule has 2 aromatic rings. The summed E-state index contributed by atoms with van der Waals surface area (Å²) in [6.07, 6.45) is 0. The molecule has 6 nitrogen and oxygen atoms in total. The molecular weight excluding hydrogens is 268 g/mol. The number of anilines is 1. The van der Waals surface area contributed by atoms with E-state index in [2.05, 4.69) is 20.8 Å². The Kier molecular flexibility index (Phi) is 5.22. The van der Waals surface area contributed by atoms with E-state index in [1.54, 1.807) is 26.3 Å². The van der Waals surface area contributed by atoms with Crippen molar-refractivity contribution >= 4 is 11.7 Å². The fraction of sp³-hybridized carbons (Fsp3) is 0.267. The molecule has 1 aromatic carbocycles. The van der Waals surface area contributed by atoms with Crippen molar-refractivity contribution in [2.75, 3.05) is 19.5 Å². The summed E-state index contributed by atoms with van der Waals surface area (Å²) < 4.78 is 5.17. The number of hydrogen-bond acceptors (Lipinski definition) is 5. The van der Waals surface area contributed by atoms with Crippen molar-refractivity contribution in [2.24, 2.45) is 0 Å². The first kappa shape index (κ1) is 14.9. The van der Waals surface area contributed by atoms with Crippen LogP contribution in [-0.2, 0) is 17.9 Å². The van der Waals surface area contributed by atoms with Crippen molar-refractivity contribution in [3.05, 3.63) is 53.2 Å². The molecule has 6 heteroatoms. The predicted molar refractivity (Wildman–Crippen MR) is 79.9 cm³/mol. The molecule has 0 aliphatic rings. The van der Waals surface area contributed by atoms with Crippen molar-refractivity contribution in [2.45, 2.75) is 13.2 Å². The van der Waals surface area contributed by atoms with E-state index in [-0.39, 0.29) is 5.91 Å². The first-order valence-corrected chi connectivity index (χ1v) is 6.60. The van der Waals surface area contributed by atoms with Crippen molar-refractivity contribution < 1.29 is 9.53 Å². The monoisotopic (exact) mass is 286 g/mol. The normalized spacial score (nSPS) is 10.2. The first-order chi connectivity index (χ1) is 10.2. The number of rotatable bonds is 6. The Bertz CT molecular complexity index is 599. The Hall–Kier alpha value is -2.47. The summed E-state index contributed by atoms with van der Waals surface area (Å²) in [5, 5.41) is 13.5. The average Bonchev–Trinajstić information content (AvgIpc) is 2.54. The number of methoxy groups -OCH3 is 1. The van der Waals surface area contributed by atoms with E-state index < -0.39 is 0 Å². The van der Waals surface area contributed by atoms with E-state index in [0.29, 0.717) is 24.7 Å². The van der Waals surface area contributed by atoms with Gasteiger partial charge >= 0.3 is 0 Å². The third kappa shape index (κ3) is 4.00. The zero-order valence-corrected chi connectivity index (χ0v) is 12.1. The van der Waals surface area contributed by atoms with Crippen LogP contribution in [-0.4, -0.2) is 30.3 Å². The Balaban J connectivity index is 2.01. The summed E-state index contributed by atoms with van der Waals surface area (Å²) >= 11 is 0. The second-order valence-electron chi connectivity index (χ2n) is 4.44. The average molecular weight is 286 g/mol. The van der Waals surface area contributed by atoms with E-state index in [1.165, 1.54) is 0 Å². The highest BCUT2D eigenvalue weighted by Gasteiger charge is 2.06. The number of aromatic nitrogens is 2. The van der Waals surface area contributed by atoms with Gasteiger partial charge in [0.2, 0.25) is 0 Å². The second-order valence-corrected chi connectivity index (χ2v) is 4.44. The molecule has 21 heavy (non-hydrogen) atoms. The molecule has 0 saturated heterocycles. The van der Waals surface area contributed by atoms with E-state index in [0.717, 1.165) is 11.1 Å². The van der Waals surface area contributed by atoms with Crippen molar-refractivity contribution in [1.82, 2.24) is 15.5 Å². The molecule has 0 bridgehead atoms. The lowest BCUT2D eigenvalue weighted by Gasteiger charge is -2.10. The molecule has 2 N–H and O–H groups in total. The maximum atomic E-state index is 11.4. The van der Waals surface area contributed by atoms with E-state index in [4.69, 9.17) is 4.74 Å². The maximum Gasteiger partial charge on any atom is 0.271 e. The molecule has 2 rings (SSSR count). The van der Waals surface area contributed by atoms with Gasteiger partial charge in [0, 0.05) is 20.7 Å². The molecule has 0 spiro atoms. The van der Waals surface area contributed by atoms with Crippen molar-refractivity contribution in [1.29, 1.82) is 0 Å². The minimum absolute atomic E-state index is 0.250. The number of amides is 1. The maximum absolute atomic E-state index is 11.4. The molecular formula is C15H18N4O2. The molecule has 0 aliphatic heterocycles. The lowest BCUT2D eigenvalue weighted by Crippen LogP contribution is -2.19. The van der Waals surface area contributed by atoms with Gasteiger partial charge in [-0.25, -0.2) is 0 Å². The summed E-state index contributed by atoms with van der Waals surface area (Å²) in [5.74, 6) is 0.370. The first-order valence-electron chi connectivity index (χ1n) is 6.60. The van der Waals surface area contributed by atoms with E-state index in [9.17, 15) is 4.79 Å². The van der Waals surface area contributed by atoms with Gasteiger partial charge in [0.15, 0.2) is 5.69 Å². The van der Waals surface area contributed by atoms with Crippen molar-refractivity contribution in [3.63, 3.8) is 0 Å². The predicted octanol–water partition coefficient (Wildman–Crippen LogP) is 1.59. The van der Waals surface area contributed by atoms with E-state index in [1.807, 2.05) is 24.3 Å². The fourth-order valence-electron chi connectivity index (χ4n) is 1.89. The van der Waals surface area contributed by atoms with Crippen LogP contribution in [0.25, 0.3) is 0 Å². The van der Waals surface area contributed by atoms with E-state index >= 15 is 0 Å². The van der Waals surface area contributed by atoms with Crippen molar-refractivity contribution in [3.8, 4) is 0 Å². The summed E-state index contributed by atoms with van der Waals surface area (Å²) in [6.45, 7) is 1.19. The molecule has 0 atom stereocenters. The zero-order chi connectivity index (χ0) is 15.1. The van der Waals surface area contributed by atoms with Gasteiger partial charge < -0.3 is 15.4 Å². The van der Waals surface area contributed by atoms with Gasteiger partial charge in [0.25, 0.3) is 5.91 Å². The van der Waals surface area contributed by atoms with Crippen LogP contribution >= 0.6 is 0 Å². The van der Waals surface area contributed by atoms with Gasteiger partial charge in [-0.3, -0.25) is 4.79 Å². The highest BCUT2D eigenvalue weighted by Crippen LogP contribution is 2.12. The van der Waals surface area contributed by atoms with Crippen LogP contribution < -0.4 is 10.6 Å². The minimum atomic E-state index is -0.250. The number of carbonyl (C=O) groups excluding carboxylic acids is 1. The summed E-state index contributed by atoms with van der Waals surface area (Å²) in [7, 11) is 3.23. The lowest BCUT2D eigenvalue weighted by atomic mass is 10.1. The highest BCUT2D eigenvalue weighted by molar-refractivity contribution is 5.91. The lowest BCUT2D eigenvalue weighted by molar-refractivity contribution is 0.0957. The minimum Gasteiger partial charge on any atom is -0.380 e. The number of carbonyl (C=O) groups is 1.